The molecule has 1 aromatic rings. The van der Waals surface area contributed by atoms with E-state index in [2.05, 4.69) is 9.71 Å². The van der Waals surface area contributed by atoms with Crippen molar-refractivity contribution in [3.05, 3.63) is 24.0 Å². The number of anilines is 1. The molecule has 1 aliphatic rings. The summed E-state index contributed by atoms with van der Waals surface area (Å²) in [5.41, 5.74) is 1.34. The summed E-state index contributed by atoms with van der Waals surface area (Å²) in [5.74, 6) is 0.214. The van der Waals surface area contributed by atoms with Crippen molar-refractivity contribution in [3.8, 4) is 0 Å². The molecule has 2 N–H and O–H groups in total. The zero-order valence-electron chi connectivity index (χ0n) is 10.9. The third-order valence-electron chi connectivity index (χ3n) is 3.45. The van der Waals surface area contributed by atoms with Crippen LogP contribution in [-0.4, -0.2) is 42.5 Å². The average Bonchev–Trinajstić information content (AvgIpc) is 2.41. The highest BCUT2D eigenvalue weighted by molar-refractivity contribution is 7.90. The van der Waals surface area contributed by atoms with Gasteiger partial charge in [0.05, 0.1) is 11.9 Å². The first-order valence-electron chi connectivity index (χ1n) is 6.32. The summed E-state index contributed by atoms with van der Waals surface area (Å²) in [6.45, 7) is 2.85. The molecule has 0 unspecified atom stereocenters. The van der Waals surface area contributed by atoms with Gasteiger partial charge in [-0.3, -0.25) is 9.71 Å². The number of piperidine rings is 1. The first-order valence-corrected chi connectivity index (χ1v) is 7.76. The van der Waals surface area contributed by atoms with Crippen LogP contribution < -0.4 is 4.72 Å². The lowest BCUT2D eigenvalue weighted by Gasteiger charge is -2.30. The molecule has 106 valence electrons. The number of aryl methyl sites for hydroxylation is 1. The number of aliphatic hydroxyl groups excluding tert-OH is 1. The fourth-order valence-electron chi connectivity index (χ4n) is 2.11. The summed E-state index contributed by atoms with van der Waals surface area (Å²) >= 11 is 0. The van der Waals surface area contributed by atoms with Gasteiger partial charge in [-0.05, 0) is 37.3 Å². The van der Waals surface area contributed by atoms with Gasteiger partial charge in [-0.15, -0.1) is 0 Å². The van der Waals surface area contributed by atoms with Crippen molar-refractivity contribution in [2.75, 3.05) is 24.4 Å². The first kappa shape index (κ1) is 14.2. The standard InChI is InChI=1S/C12H19N3O3S/c1-10-2-5-13-8-12(10)14-19(17,18)15-6-3-11(9-16)4-7-15/h2,5,8,11,14,16H,3-4,6-7,9H2,1H3. The second kappa shape index (κ2) is 5.85. The summed E-state index contributed by atoms with van der Waals surface area (Å²) in [4.78, 5) is 3.92. The second-order valence-electron chi connectivity index (χ2n) is 4.82. The normalized spacial score (nSPS) is 18.4. The fourth-order valence-corrected chi connectivity index (χ4v) is 3.42. The summed E-state index contributed by atoms with van der Waals surface area (Å²) in [5, 5.41) is 9.06. The van der Waals surface area contributed by atoms with Crippen molar-refractivity contribution in [1.29, 1.82) is 0 Å². The van der Waals surface area contributed by atoms with Gasteiger partial charge in [0.15, 0.2) is 0 Å². The summed E-state index contributed by atoms with van der Waals surface area (Å²) in [7, 11) is -3.53. The molecule has 2 heterocycles. The summed E-state index contributed by atoms with van der Waals surface area (Å²) in [6, 6.07) is 1.76. The molecule has 7 heteroatoms. The Hall–Kier alpha value is -1.18. The summed E-state index contributed by atoms with van der Waals surface area (Å²) in [6.07, 6.45) is 4.53. The zero-order chi connectivity index (χ0) is 13.9. The van der Waals surface area contributed by atoms with Crippen molar-refractivity contribution in [3.63, 3.8) is 0 Å². The zero-order valence-corrected chi connectivity index (χ0v) is 11.7. The molecule has 0 atom stereocenters. The van der Waals surface area contributed by atoms with Gasteiger partial charge < -0.3 is 5.11 Å². The molecule has 0 bridgehead atoms. The largest absolute Gasteiger partial charge is 0.396 e. The Morgan fingerprint density at radius 3 is 2.74 bits per heavy atom. The molecule has 1 aromatic heterocycles. The maximum atomic E-state index is 12.2. The third-order valence-corrected chi connectivity index (χ3v) is 4.97. The van der Waals surface area contributed by atoms with Crippen molar-refractivity contribution < 1.29 is 13.5 Å². The van der Waals surface area contributed by atoms with E-state index < -0.39 is 10.2 Å². The minimum atomic E-state index is -3.53. The molecule has 6 nitrogen and oxygen atoms in total. The SMILES string of the molecule is Cc1ccncc1NS(=O)(=O)N1CCC(CO)CC1. The number of rotatable bonds is 4. The Balaban J connectivity index is 2.05. The van der Waals surface area contributed by atoms with Crippen molar-refractivity contribution in [1.82, 2.24) is 9.29 Å². The summed E-state index contributed by atoms with van der Waals surface area (Å²) < 4.78 is 28.4. The van der Waals surface area contributed by atoms with E-state index in [1.807, 2.05) is 6.92 Å². The molecule has 0 radical (unpaired) electrons. The molecule has 1 fully saturated rings. The predicted octanol–water partition coefficient (Wildman–Crippen LogP) is 0.751. The second-order valence-corrected chi connectivity index (χ2v) is 6.49. The van der Waals surface area contributed by atoms with Crippen molar-refractivity contribution in [2.24, 2.45) is 5.92 Å². The van der Waals surface area contributed by atoms with Crippen molar-refractivity contribution in [2.45, 2.75) is 19.8 Å². The minimum Gasteiger partial charge on any atom is -0.396 e. The van der Waals surface area contributed by atoms with Crippen LogP contribution in [0, 0.1) is 12.8 Å². The Bertz CT molecular complexity index is 525. The van der Waals surface area contributed by atoms with E-state index in [1.54, 1.807) is 12.3 Å². The number of hydrogen-bond acceptors (Lipinski definition) is 4. The van der Waals surface area contributed by atoms with Gasteiger partial charge in [-0.2, -0.15) is 12.7 Å². The molecular formula is C12H19N3O3S. The molecule has 0 aromatic carbocycles. The van der Waals surface area contributed by atoms with Gasteiger partial charge in [0.25, 0.3) is 0 Å². The van der Waals surface area contributed by atoms with Crippen LogP contribution in [0.5, 0.6) is 0 Å². The van der Waals surface area contributed by atoms with Crippen LogP contribution in [0.25, 0.3) is 0 Å². The fraction of sp³-hybridized carbons (Fsp3) is 0.583. The predicted molar refractivity (Wildman–Crippen MR) is 72.9 cm³/mol. The monoisotopic (exact) mass is 285 g/mol. The molecular weight excluding hydrogens is 266 g/mol. The van der Waals surface area contributed by atoms with E-state index in [0.717, 1.165) is 5.56 Å². The maximum Gasteiger partial charge on any atom is 0.301 e. The molecule has 2 rings (SSSR count). The molecule has 1 saturated heterocycles. The van der Waals surface area contributed by atoms with Gasteiger partial charge in [0, 0.05) is 25.9 Å². The lowest BCUT2D eigenvalue weighted by atomic mass is 10.00. The lowest BCUT2D eigenvalue weighted by molar-refractivity contribution is 0.170. The highest BCUT2D eigenvalue weighted by Crippen LogP contribution is 2.21. The van der Waals surface area contributed by atoms with Crippen LogP contribution in [0.1, 0.15) is 18.4 Å². The Morgan fingerprint density at radius 1 is 1.47 bits per heavy atom. The average molecular weight is 285 g/mol. The van der Waals surface area contributed by atoms with E-state index >= 15 is 0 Å². The minimum absolute atomic E-state index is 0.128. The molecule has 0 spiro atoms. The molecule has 0 saturated carbocycles. The van der Waals surface area contributed by atoms with Crippen LogP contribution in [-0.2, 0) is 10.2 Å². The van der Waals surface area contributed by atoms with Gasteiger partial charge in [-0.1, -0.05) is 0 Å². The highest BCUT2D eigenvalue weighted by Gasteiger charge is 2.27. The Kier molecular flexibility index (Phi) is 4.38. The number of nitrogens with one attached hydrogen (secondary N) is 1. The van der Waals surface area contributed by atoms with Gasteiger partial charge in [0.2, 0.25) is 0 Å². The van der Waals surface area contributed by atoms with Crippen LogP contribution in [0.3, 0.4) is 0 Å². The number of nitrogens with zero attached hydrogens (tertiary/aromatic N) is 2. The van der Waals surface area contributed by atoms with Crippen LogP contribution in [0.2, 0.25) is 0 Å². The van der Waals surface area contributed by atoms with E-state index in [4.69, 9.17) is 5.11 Å². The van der Waals surface area contributed by atoms with E-state index in [-0.39, 0.29) is 12.5 Å². The molecule has 19 heavy (non-hydrogen) atoms. The van der Waals surface area contributed by atoms with Gasteiger partial charge in [-0.25, -0.2) is 0 Å². The number of aromatic nitrogens is 1. The highest BCUT2D eigenvalue weighted by atomic mass is 32.2. The van der Waals surface area contributed by atoms with E-state index in [0.29, 0.717) is 31.6 Å². The van der Waals surface area contributed by atoms with Crippen LogP contribution in [0.4, 0.5) is 5.69 Å². The Labute approximate surface area is 113 Å². The van der Waals surface area contributed by atoms with Crippen molar-refractivity contribution >= 4 is 15.9 Å². The number of hydrogen-bond donors (Lipinski definition) is 2. The van der Waals surface area contributed by atoms with Crippen LogP contribution in [0.15, 0.2) is 18.5 Å². The van der Waals surface area contributed by atoms with E-state index in [9.17, 15) is 8.42 Å². The number of pyridine rings is 1. The molecule has 1 aliphatic heterocycles. The van der Waals surface area contributed by atoms with E-state index in [1.165, 1.54) is 10.5 Å². The van der Waals surface area contributed by atoms with Gasteiger partial charge >= 0.3 is 10.2 Å². The lowest BCUT2D eigenvalue weighted by Crippen LogP contribution is -2.42. The van der Waals surface area contributed by atoms with Gasteiger partial charge in [0.1, 0.15) is 0 Å². The third kappa shape index (κ3) is 3.43. The maximum absolute atomic E-state index is 12.2. The molecule has 0 aliphatic carbocycles. The first-order chi connectivity index (χ1) is 9.03. The number of aliphatic hydroxyl groups is 1. The topological polar surface area (TPSA) is 82.5 Å². The molecule has 0 amide bonds. The quantitative estimate of drug-likeness (QED) is 0.855. The van der Waals surface area contributed by atoms with Crippen LogP contribution >= 0.6 is 0 Å². The smallest absolute Gasteiger partial charge is 0.301 e. The Morgan fingerprint density at radius 2 is 2.16 bits per heavy atom.